The Labute approximate surface area is 120 Å². The van der Waals surface area contributed by atoms with Gasteiger partial charge < -0.3 is 24.1 Å². The fourth-order valence-electron chi connectivity index (χ4n) is 1.10. The summed E-state index contributed by atoms with van der Waals surface area (Å²) < 4.78 is 20.3. The molecule has 0 heterocycles. The lowest BCUT2D eigenvalue weighted by molar-refractivity contribution is -0.139. The third kappa shape index (κ3) is 14.8. The van der Waals surface area contributed by atoms with Crippen LogP contribution in [0.25, 0.3) is 0 Å². The summed E-state index contributed by atoms with van der Waals surface area (Å²) in [5.74, 6) is -0.385. The van der Waals surface area contributed by atoms with Crippen molar-refractivity contribution in [2.75, 3.05) is 52.9 Å². The summed E-state index contributed by atoms with van der Waals surface area (Å²) in [6.07, 6.45) is 6.55. The van der Waals surface area contributed by atoms with Crippen molar-refractivity contribution in [3.8, 4) is 0 Å². The molecule has 0 aliphatic heterocycles. The SMILES string of the molecule is CC=CC=CC(=O)OCCOCCOCCOCCO. The van der Waals surface area contributed by atoms with Gasteiger partial charge in [-0.05, 0) is 6.92 Å². The smallest absolute Gasteiger partial charge is 0.330 e. The van der Waals surface area contributed by atoms with Gasteiger partial charge in [0.15, 0.2) is 0 Å². The average Bonchev–Trinajstić information content (AvgIpc) is 2.45. The minimum absolute atomic E-state index is 0.0196. The first kappa shape index (κ1) is 18.8. The van der Waals surface area contributed by atoms with Gasteiger partial charge in [-0.15, -0.1) is 0 Å². The van der Waals surface area contributed by atoms with E-state index in [2.05, 4.69) is 0 Å². The van der Waals surface area contributed by atoms with E-state index in [1.165, 1.54) is 6.08 Å². The number of aliphatic hydroxyl groups is 1. The lowest BCUT2D eigenvalue weighted by Crippen LogP contribution is -2.13. The molecule has 0 bridgehead atoms. The second-order valence-corrected chi connectivity index (χ2v) is 3.61. The molecular formula is C14H24O6. The molecule has 0 spiro atoms. The zero-order valence-corrected chi connectivity index (χ0v) is 12.0. The summed E-state index contributed by atoms with van der Waals surface area (Å²) >= 11 is 0. The molecule has 0 atom stereocenters. The minimum Gasteiger partial charge on any atom is -0.460 e. The number of ether oxygens (including phenoxy) is 4. The molecule has 0 aromatic carbocycles. The van der Waals surface area contributed by atoms with E-state index in [1.807, 2.05) is 13.0 Å². The van der Waals surface area contributed by atoms with Crippen LogP contribution in [0.3, 0.4) is 0 Å². The number of esters is 1. The summed E-state index contributed by atoms with van der Waals surface area (Å²) in [5.41, 5.74) is 0. The zero-order chi connectivity index (χ0) is 14.9. The maximum atomic E-state index is 11.1. The second-order valence-electron chi connectivity index (χ2n) is 3.61. The topological polar surface area (TPSA) is 74.2 Å². The van der Waals surface area contributed by atoms with E-state index in [1.54, 1.807) is 12.2 Å². The van der Waals surface area contributed by atoms with E-state index in [9.17, 15) is 4.79 Å². The van der Waals surface area contributed by atoms with Gasteiger partial charge in [0.25, 0.3) is 0 Å². The van der Waals surface area contributed by atoms with Gasteiger partial charge >= 0.3 is 5.97 Å². The van der Waals surface area contributed by atoms with E-state index in [0.29, 0.717) is 39.6 Å². The van der Waals surface area contributed by atoms with Gasteiger partial charge in [-0.2, -0.15) is 0 Å². The number of aliphatic hydroxyl groups excluding tert-OH is 1. The highest BCUT2D eigenvalue weighted by Gasteiger charge is 1.96. The molecule has 0 radical (unpaired) electrons. The third-order valence-electron chi connectivity index (χ3n) is 1.99. The number of hydrogen-bond acceptors (Lipinski definition) is 6. The van der Waals surface area contributed by atoms with Crippen LogP contribution in [0.2, 0.25) is 0 Å². The number of allylic oxidation sites excluding steroid dienone is 3. The van der Waals surface area contributed by atoms with Crippen molar-refractivity contribution >= 4 is 5.97 Å². The predicted octanol–water partition coefficient (Wildman–Crippen LogP) is 0.704. The number of carbonyl (C=O) groups excluding carboxylic acids is 1. The lowest BCUT2D eigenvalue weighted by Gasteiger charge is -2.06. The molecule has 6 heteroatoms. The largest absolute Gasteiger partial charge is 0.460 e. The van der Waals surface area contributed by atoms with Crippen LogP contribution in [0, 0.1) is 0 Å². The quantitative estimate of drug-likeness (QED) is 0.233. The van der Waals surface area contributed by atoms with Crippen molar-refractivity contribution < 1.29 is 28.8 Å². The first-order chi connectivity index (χ1) is 9.81. The minimum atomic E-state index is -0.385. The lowest BCUT2D eigenvalue weighted by atomic mass is 10.4. The van der Waals surface area contributed by atoms with E-state index < -0.39 is 0 Å². The Bertz CT molecular complexity index is 275. The maximum Gasteiger partial charge on any atom is 0.330 e. The normalized spacial score (nSPS) is 11.5. The Balaban J connectivity index is 3.18. The van der Waals surface area contributed by atoms with Crippen LogP contribution in [0.15, 0.2) is 24.3 Å². The number of rotatable bonds is 13. The second kappa shape index (κ2) is 15.8. The van der Waals surface area contributed by atoms with Gasteiger partial charge in [0, 0.05) is 6.08 Å². The molecule has 116 valence electrons. The molecule has 0 amide bonds. The maximum absolute atomic E-state index is 11.1. The fraction of sp³-hybridized carbons (Fsp3) is 0.643. The molecular weight excluding hydrogens is 264 g/mol. The molecule has 0 unspecified atom stereocenters. The van der Waals surface area contributed by atoms with Crippen molar-refractivity contribution in [2.45, 2.75) is 6.92 Å². The summed E-state index contributed by atoms with van der Waals surface area (Å²) in [6, 6.07) is 0. The van der Waals surface area contributed by atoms with Crippen molar-refractivity contribution in [2.24, 2.45) is 0 Å². The van der Waals surface area contributed by atoms with E-state index in [4.69, 9.17) is 24.1 Å². The summed E-state index contributed by atoms with van der Waals surface area (Å²) in [5, 5.41) is 8.46. The molecule has 20 heavy (non-hydrogen) atoms. The predicted molar refractivity (Wildman–Crippen MR) is 74.5 cm³/mol. The molecule has 1 N–H and O–H groups in total. The van der Waals surface area contributed by atoms with Gasteiger partial charge in [0.05, 0.1) is 46.2 Å². The van der Waals surface area contributed by atoms with Crippen LogP contribution in [-0.4, -0.2) is 63.9 Å². The molecule has 0 aromatic heterocycles. The third-order valence-corrected chi connectivity index (χ3v) is 1.99. The molecule has 0 aromatic rings. The van der Waals surface area contributed by atoms with Crippen LogP contribution in [0.4, 0.5) is 0 Å². The summed E-state index contributed by atoms with van der Waals surface area (Å²) in [4.78, 5) is 11.1. The number of carbonyl (C=O) groups is 1. The molecule has 0 aliphatic carbocycles. The van der Waals surface area contributed by atoms with Gasteiger partial charge in [0.1, 0.15) is 6.61 Å². The first-order valence-corrected chi connectivity index (χ1v) is 6.61. The molecule has 0 saturated carbocycles. The first-order valence-electron chi connectivity index (χ1n) is 6.61. The Morgan fingerprint density at radius 3 is 2.00 bits per heavy atom. The Hall–Kier alpha value is -1.21. The van der Waals surface area contributed by atoms with Crippen LogP contribution >= 0.6 is 0 Å². The highest BCUT2D eigenvalue weighted by atomic mass is 16.6. The highest BCUT2D eigenvalue weighted by molar-refractivity contribution is 5.82. The van der Waals surface area contributed by atoms with Gasteiger partial charge in [0.2, 0.25) is 0 Å². The van der Waals surface area contributed by atoms with Crippen LogP contribution in [0.5, 0.6) is 0 Å². The van der Waals surface area contributed by atoms with Crippen molar-refractivity contribution in [1.29, 1.82) is 0 Å². The summed E-state index contributed by atoms with van der Waals surface area (Å²) in [7, 11) is 0. The monoisotopic (exact) mass is 288 g/mol. The molecule has 0 saturated heterocycles. The van der Waals surface area contributed by atoms with Crippen molar-refractivity contribution in [3.05, 3.63) is 24.3 Å². The molecule has 0 fully saturated rings. The summed E-state index contributed by atoms with van der Waals surface area (Å²) in [6.45, 7) is 4.59. The van der Waals surface area contributed by atoms with Crippen molar-refractivity contribution in [1.82, 2.24) is 0 Å². The van der Waals surface area contributed by atoms with Gasteiger partial charge in [-0.3, -0.25) is 0 Å². The van der Waals surface area contributed by atoms with Crippen LogP contribution in [-0.2, 0) is 23.7 Å². The van der Waals surface area contributed by atoms with E-state index in [-0.39, 0.29) is 19.2 Å². The fourth-order valence-corrected chi connectivity index (χ4v) is 1.10. The zero-order valence-electron chi connectivity index (χ0n) is 12.0. The van der Waals surface area contributed by atoms with Gasteiger partial charge in [-0.1, -0.05) is 18.2 Å². The van der Waals surface area contributed by atoms with Crippen molar-refractivity contribution in [3.63, 3.8) is 0 Å². The van der Waals surface area contributed by atoms with Crippen LogP contribution < -0.4 is 0 Å². The average molecular weight is 288 g/mol. The molecule has 0 rings (SSSR count). The molecule has 0 aliphatic rings. The Morgan fingerprint density at radius 1 is 0.900 bits per heavy atom. The number of hydrogen-bond donors (Lipinski definition) is 1. The van der Waals surface area contributed by atoms with E-state index >= 15 is 0 Å². The standard InChI is InChI=1S/C14H24O6/c1-2-3-4-5-14(16)20-13-12-19-11-10-18-9-8-17-7-6-15/h2-5,15H,6-13H2,1H3. The van der Waals surface area contributed by atoms with Gasteiger partial charge in [-0.25, -0.2) is 4.79 Å². The van der Waals surface area contributed by atoms with Crippen LogP contribution in [0.1, 0.15) is 6.92 Å². The Kier molecular flexibility index (Phi) is 14.9. The Morgan fingerprint density at radius 2 is 1.45 bits per heavy atom. The highest BCUT2D eigenvalue weighted by Crippen LogP contribution is 1.86. The molecule has 6 nitrogen and oxygen atoms in total. The van der Waals surface area contributed by atoms with E-state index in [0.717, 1.165) is 0 Å².